The van der Waals surface area contributed by atoms with Crippen molar-refractivity contribution in [2.45, 2.75) is 31.9 Å². The Bertz CT molecular complexity index is 809. The number of urea groups is 1. The molecule has 154 valence electrons. The van der Waals surface area contributed by atoms with E-state index in [-0.39, 0.29) is 18.2 Å². The molecular formula is C22H28N4O3. The van der Waals surface area contributed by atoms with Gasteiger partial charge < -0.3 is 24.6 Å². The molecule has 1 saturated heterocycles. The summed E-state index contributed by atoms with van der Waals surface area (Å²) in [6, 6.07) is 13.7. The fourth-order valence-electron chi connectivity index (χ4n) is 3.81. The Labute approximate surface area is 171 Å². The van der Waals surface area contributed by atoms with E-state index in [1.165, 1.54) is 0 Å². The van der Waals surface area contributed by atoms with Gasteiger partial charge in [-0.05, 0) is 44.0 Å². The number of carbonyl (C=O) groups is 1. The maximum Gasteiger partial charge on any atom is 0.317 e. The van der Waals surface area contributed by atoms with Crippen LogP contribution in [0.15, 0.2) is 48.7 Å². The van der Waals surface area contributed by atoms with E-state index in [4.69, 9.17) is 9.47 Å². The number of fused-ring (bicyclic) bond motifs is 1. The van der Waals surface area contributed by atoms with Crippen molar-refractivity contribution in [2.75, 3.05) is 37.7 Å². The number of para-hydroxylation sites is 2. The van der Waals surface area contributed by atoms with Crippen LogP contribution in [-0.2, 0) is 0 Å². The lowest BCUT2D eigenvalue weighted by atomic mass is 10.1. The lowest BCUT2D eigenvalue weighted by Gasteiger charge is -2.35. The molecule has 1 aromatic carbocycles. The van der Waals surface area contributed by atoms with Gasteiger partial charge in [-0.3, -0.25) is 0 Å². The summed E-state index contributed by atoms with van der Waals surface area (Å²) < 4.78 is 11.8. The summed E-state index contributed by atoms with van der Waals surface area (Å²) in [7, 11) is 0. The number of pyridine rings is 1. The maximum absolute atomic E-state index is 12.8. The predicted molar refractivity (Wildman–Crippen MR) is 112 cm³/mol. The average molecular weight is 396 g/mol. The molecule has 0 radical (unpaired) electrons. The first-order valence-electron chi connectivity index (χ1n) is 10.3. The normalized spacial score (nSPS) is 18.9. The van der Waals surface area contributed by atoms with Crippen molar-refractivity contribution in [1.29, 1.82) is 0 Å². The van der Waals surface area contributed by atoms with Gasteiger partial charge in [0.1, 0.15) is 12.4 Å². The molecule has 3 heterocycles. The fourth-order valence-corrected chi connectivity index (χ4v) is 3.81. The molecule has 1 atom stereocenters. The second-order valence-corrected chi connectivity index (χ2v) is 7.43. The summed E-state index contributed by atoms with van der Waals surface area (Å²) in [6.07, 6.45) is 3.48. The van der Waals surface area contributed by atoms with Gasteiger partial charge in [-0.15, -0.1) is 0 Å². The van der Waals surface area contributed by atoms with Crippen molar-refractivity contribution in [3.05, 3.63) is 48.7 Å². The van der Waals surface area contributed by atoms with Crippen LogP contribution in [0.5, 0.6) is 11.5 Å². The van der Waals surface area contributed by atoms with Crippen molar-refractivity contribution < 1.29 is 14.3 Å². The van der Waals surface area contributed by atoms with E-state index in [0.717, 1.165) is 43.2 Å². The molecule has 0 spiro atoms. The van der Waals surface area contributed by atoms with Crippen molar-refractivity contribution in [1.82, 2.24) is 15.2 Å². The third-order valence-electron chi connectivity index (χ3n) is 5.46. The highest BCUT2D eigenvalue weighted by Gasteiger charge is 2.27. The van der Waals surface area contributed by atoms with Gasteiger partial charge >= 0.3 is 6.03 Å². The largest absolute Gasteiger partial charge is 0.486 e. The van der Waals surface area contributed by atoms with Gasteiger partial charge in [-0.1, -0.05) is 18.2 Å². The third-order valence-corrected chi connectivity index (χ3v) is 5.46. The van der Waals surface area contributed by atoms with E-state index < -0.39 is 0 Å². The minimum Gasteiger partial charge on any atom is -0.486 e. The van der Waals surface area contributed by atoms with E-state index in [1.807, 2.05) is 55.6 Å². The standard InChI is InChI=1S/C22H28N4O3/c1-2-25(15-18-16-28-19-7-3-4-8-20(19)29-18)22(27)24-17-10-13-26(14-11-17)21-9-5-6-12-23-21/h3-9,12,17-18H,2,10-11,13-16H2,1H3,(H,24,27). The molecular weight excluding hydrogens is 368 g/mol. The number of hydrogen-bond donors (Lipinski definition) is 1. The topological polar surface area (TPSA) is 66.9 Å². The minimum atomic E-state index is -0.165. The molecule has 0 bridgehead atoms. The summed E-state index contributed by atoms with van der Waals surface area (Å²) >= 11 is 0. The van der Waals surface area contributed by atoms with E-state index in [2.05, 4.69) is 15.2 Å². The van der Waals surface area contributed by atoms with E-state index in [0.29, 0.717) is 19.7 Å². The lowest BCUT2D eigenvalue weighted by Crippen LogP contribution is -2.52. The van der Waals surface area contributed by atoms with Gasteiger partial charge in [0.05, 0.1) is 6.54 Å². The van der Waals surface area contributed by atoms with Gasteiger partial charge in [0, 0.05) is 31.9 Å². The molecule has 0 aliphatic carbocycles. The molecule has 7 nitrogen and oxygen atoms in total. The van der Waals surface area contributed by atoms with Crippen LogP contribution in [0.25, 0.3) is 0 Å². The van der Waals surface area contributed by atoms with Crippen LogP contribution >= 0.6 is 0 Å². The van der Waals surface area contributed by atoms with E-state index >= 15 is 0 Å². The van der Waals surface area contributed by atoms with Crippen molar-refractivity contribution in [3.8, 4) is 11.5 Å². The summed E-state index contributed by atoms with van der Waals surface area (Å²) in [6.45, 7) is 5.35. The molecule has 1 unspecified atom stereocenters. The molecule has 2 aliphatic rings. The highest BCUT2D eigenvalue weighted by Crippen LogP contribution is 2.31. The van der Waals surface area contributed by atoms with Crippen LogP contribution in [0.4, 0.5) is 10.6 Å². The zero-order valence-electron chi connectivity index (χ0n) is 16.8. The molecule has 2 aliphatic heterocycles. The number of benzene rings is 1. The molecule has 2 aromatic rings. The Hall–Kier alpha value is -2.96. The molecule has 0 saturated carbocycles. The third kappa shape index (κ3) is 4.72. The fraction of sp³-hybridized carbons (Fsp3) is 0.455. The lowest BCUT2D eigenvalue weighted by molar-refractivity contribution is 0.0670. The number of aromatic nitrogens is 1. The quantitative estimate of drug-likeness (QED) is 0.842. The van der Waals surface area contributed by atoms with Crippen molar-refractivity contribution in [3.63, 3.8) is 0 Å². The Balaban J connectivity index is 1.26. The Morgan fingerprint density at radius 1 is 1.17 bits per heavy atom. The molecule has 1 N–H and O–H groups in total. The zero-order valence-corrected chi connectivity index (χ0v) is 16.8. The number of nitrogens with zero attached hydrogens (tertiary/aromatic N) is 3. The van der Waals surface area contributed by atoms with Gasteiger partial charge in [-0.2, -0.15) is 0 Å². The molecule has 1 fully saturated rings. The second kappa shape index (κ2) is 9.03. The first-order valence-corrected chi connectivity index (χ1v) is 10.3. The first-order chi connectivity index (χ1) is 14.2. The van der Waals surface area contributed by atoms with Crippen LogP contribution < -0.4 is 19.7 Å². The second-order valence-electron chi connectivity index (χ2n) is 7.43. The number of piperidine rings is 1. The number of anilines is 1. The van der Waals surface area contributed by atoms with E-state index in [9.17, 15) is 4.79 Å². The van der Waals surface area contributed by atoms with Crippen LogP contribution in [-0.4, -0.2) is 60.8 Å². The van der Waals surface area contributed by atoms with Crippen LogP contribution in [0.1, 0.15) is 19.8 Å². The number of amides is 2. The smallest absolute Gasteiger partial charge is 0.317 e. The Morgan fingerprint density at radius 3 is 2.66 bits per heavy atom. The maximum atomic E-state index is 12.8. The average Bonchev–Trinajstić information content (AvgIpc) is 2.78. The summed E-state index contributed by atoms with van der Waals surface area (Å²) in [5, 5.41) is 3.19. The zero-order chi connectivity index (χ0) is 20.1. The number of likely N-dealkylation sites (N-methyl/N-ethyl adjacent to an activating group) is 1. The molecule has 1 aromatic heterocycles. The van der Waals surface area contributed by atoms with Gasteiger partial charge in [0.25, 0.3) is 0 Å². The molecule has 7 heteroatoms. The minimum absolute atomic E-state index is 0.0359. The van der Waals surface area contributed by atoms with E-state index in [1.54, 1.807) is 4.90 Å². The van der Waals surface area contributed by atoms with Crippen molar-refractivity contribution in [2.24, 2.45) is 0 Å². The van der Waals surface area contributed by atoms with Gasteiger partial charge in [0.15, 0.2) is 17.6 Å². The summed E-state index contributed by atoms with van der Waals surface area (Å²) in [5.74, 6) is 2.50. The Kier molecular flexibility index (Phi) is 6.03. The number of hydrogen-bond acceptors (Lipinski definition) is 5. The summed E-state index contributed by atoms with van der Waals surface area (Å²) in [4.78, 5) is 21.3. The first kappa shape index (κ1) is 19.4. The molecule has 29 heavy (non-hydrogen) atoms. The number of carbonyl (C=O) groups excluding carboxylic acids is 1. The van der Waals surface area contributed by atoms with Crippen LogP contribution in [0.3, 0.4) is 0 Å². The predicted octanol–water partition coefficient (Wildman–Crippen LogP) is 2.92. The molecule has 4 rings (SSSR count). The van der Waals surface area contributed by atoms with Crippen LogP contribution in [0.2, 0.25) is 0 Å². The highest BCUT2D eigenvalue weighted by molar-refractivity contribution is 5.74. The number of rotatable bonds is 5. The Morgan fingerprint density at radius 2 is 1.93 bits per heavy atom. The van der Waals surface area contributed by atoms with Gasteiger partial charge in [-0.25, -0.2) is 9.78 Å². The highest BCUT2D eigenvalue weighted by atomic mass is 16.6. The number of ether oxygens (including phenoxy) is 2. The van der Waals surface area contributed by atoms with Gasteiger partial charge in [0.2, 0.25) is 0 Å². The van der Waals surface area contributed by atoms with Crippen LogP contribution in [0, 0.1) is 0 Å². The number of nitrogens with one attached hydrogen (secondary N) is 1. The summed E-state index contributed by atoms with van der Waals surface area (Å²) in [5.41, 5.74) is 0. The SMILES string of the molecule is CCN(CC1COc2ccccc2O1)C(=O)NC1CCN(c2ccccn2)CC1. The molecule has 2 amide bonds. The van der Waals surface area contributed by atoms with Crippen molar-refractivity contribution >= 4 is 11.8 Å². The monoisotopic (exact) mass is 396 g/mol.